The molecule has 0 unspecified atom stereocenters. The van der Waals surface area contributed by atoms with E-state index in [1.165, 1.54) is 0 Å². The van der Waals surface area contributed by atoms with Crippen LogP contribution in [0.15, 0.2) is 41.1 Å². The molecule has 2 aromatic rings. The molecule has 0 aliphatic rings. The summed E-state index contributed by atoms with van der Waals surface area (Å²) in [6.07, 6.45) is 2.69. The van der Waals surface area contributed by atoms with Gasteiger partial charge in [-0.25, -0.2) is 9.97 Å². The summed E-state index contributed by atoms with van der Waals surface area (Å²) in [5.41, 5.74) is 0.985. The lowest BCUT2D eigenvalue weighted by Gasteiger charge is -2.10. The molecule has 2 N–H and O–H groups in total. The first-order valence-corrected chi connectivity index (χ1v) is 7.52. The number of hydrogen-bond donors (Lipinski definition) is 2. The van der Waals surface area contributed by atoms with Crippen LogP contribution in [0.25, 0.3) is 0 Å². The zero-order chi connectivity index (χ0) is 14.4. The standard InChI is InChI=1S/C15H19BrN4/c1-11(2)7-8-17-14-9-15(19-10-18-14)20-13-6-4-3-5-12(13)16/h3-6,9-11H,7-8H2,1-2H3,(H2,17,18,19,20). The van der Waals surface area contributed by atoms with Crippen molar-refractivity contribution in [2.45, 2.75) is 20.3 Å². The molecule has 0 aliphatic heterocycles. The second-order valence-corrected chi connectivity index (χ2v) is 5.86. The number of hydrogen-bond acceptors (Lipinski definition) is 4. The third-order valence-corrected chi connectivity index (χ3v) is 3.52. The van der Waals surface area contributed by atoms with Crippen LogP contribution in [-0.2, 0) is 0 Å². The molecule has 0 fully saturated rings. The van der Waals surface area contributed by atoms with E-state index in [0.717, 1.165) is 34.8 Å². The quantitative estimate of drug-likeness (QED) is 0.819. The number of rotatable bonds is 6. The van der Waals surface area contributed by atoms with Crippen molar-refractivity contribution in [2.75, 3.05) is 17.2 Å². The van der Waals surface area contributed by atoms with E-state index < -0.39 is 0 Å². The Morgan fingerprint density at radius 3 is 2.65 bits per heavy atom. The van der Waals surface area contributed by atoms with E-state index in [9.17, 15) is 0 Å². The molecule has 0 saturated heterocycles. The minimum atomic E-state index is 0.683. The van der Waals surface area contributed by atoms with Gasteiger partial charge < -0.3 is 10.6 Å². The van der Waals surface area contributed by atoms with Crippen LogP contribution in [0.2, 0.25) is 0 Å². The van der Waals surface area contributed by atoms with Crippen LogP contribution in [0, 0.1) is 5.92 Å². The molecule has 0 amide bonds. The highest BCUT2D eigenvalue weighted by Crippen LogP contribution is 2.24. The summed E-state index contributed by atoms with van der Waals surface area (Å²) in [6.45, 7) is 5.34. The van der Waals surface area contributed by atoms with Gasteiger partial charge in [0.05, 0.1) is 5.69 Å². The van der Waals surface area contributed by atoms with Gasteiger partial charge in [-0.15, -0.1) is 0 Å². The van der Waals surface area contributed by atoms with E-state index in [1.807, 2.05) is 30.3 Å². The molecule has 0 bridgehead atoms. The molecule has 1 aromatic carbocycles. The van der Waals surface area contributed by atoms with Crippen LogP contribution in [0.4, 0.5) is 17.3 Å². The minimum absolute atomic E-state index is 0.683. The summed E-state index contributed by atoms with van der Waals surface area (Å²) < 4.78 is 1.01. The van der Waals surface area contributed by atoms with Crippen LogP contribution in [0.1, 0.15) is 20.3 Å². The summed E-state index contributed by atoms with van der Waals surface area (Å²) in [5, 5.41) is 6.59. The maximum absolute atomic E-state index is 4.24. The first-order chi connectivity index (χ1) is 9.65. The van der Waals surface area contributed by atoms with E-state index in [4.69, 9.17) is 0 Å². The van der Waals surface area contributed by atoms with E-state index in [2.05, 4.69) is 50.4 Å². The Labute approximate surface area is 128 Å². The van der Waals surface area contributed by atoms with Gasteiger partial charge in [0.2, 0.25) is 0 Å². The molecular weight excluding hydrogens is 316 g/mol. The number of benzene rings is 1. The van der Waals surface area contributed by atoms with E-state index in [-0.39, 0.29) is 0 Å². The molecule has 1 aromatic heterocycles. The van der Waals surface area contributed by atoms with Crippen molar-refractivity contribution in [3.8, 4) is 0 Å². The molecule has 20 heavy (non-hydrogen) atoms. The largest absolute Gasteiger partial charge is 0.370 e. The van der Waals surface area contributed by atoms with Gasteiger partial charge in [0.1, 0.15) is 18.0 Å². The van der Waals surface area contributed by atoms with E-state index in [1.54, 1.807) is 6.33 Å². The normalized spacial score (nSPS) is 10.6. The fraction of sp³-hybridized carbons (Fsp3) is 0.333. The topological polar surface area (TPSA) is 49.8 Å². The van der Waals surface area contributed by atoms with Gasteiger partial charge in [-0.2, -0.15) is 0 Å². The molecule has 0 atom stereocenters. The zero-order valence-corrected chi connectivity index (χ0v) is 13.3. The van der Waals surface area contributed by atoms with Gasteiger partial charge in [-0.1, -0.05) is 26.0 Å². The SMILES string of the molecule is CC(C)CCNc1cc(Nc2ccccc2Br)ncn1. The van der Waals surface area contributed by atoms with Crippen molar-refractivity contribution in [2.24, 2.45) is 5.92 Å². The molecule has 2 rings (SSSR count). The lowest BCUT2D eigenvalue weighted by atomic mass is 10.1. The molecule has 0 saturated carbocycles. The second-order valence-electron chi connectivity index (χ2n) is 5.00. The van der Waals surface area contributed by atoms with Gasteiger partial charge >= 0.3 is 0 Å². The summed E-state index contributed by atoms with van der Waals surface area (Å²) in [7, 11) is 0. The summed E-state index contributed by atoms with van der Waals surface area (Å²) in [5.74, 6) is 2.30. The summed E-state index contributed by atoms with van der Waals surface area (Å²) >= 11 is 3.51. The van der Waals surface area contributed by atoms with Gasteiger partial charge in [0.25, 0.3) is 0 Å². The number of para-hydroxylation sites is 1. The summed E-state index contributed by atoms with van der Waals surface area (Å²) in [4.78, 5) is 8.46. The van der Waals surface area contributed by atoms with E-state index >= 15 is 0 Å². The zero-order valence-electron chi connectivity index (χ0n) is 11.7. The molecule has 0 aliphatic carbocycles. The number of aromatic nitrogens is 2. The van der Waals surface area contributed by atoms with Crippen LogP contribution in [-0.4, -0.2) is 16.5 Å². The first kappa shape index (κ1) is 14.8. The predicted molar refractivity (Wildman–Crippen MR) is 87.4 cm³/mol. The number of nitrogens with zero attached hydrogens (tertiary/aromatic N) is 2. The van der Waals surface area contributed by atoms with Crippen molar-refractivity contribution in [1.82, 2.24) is 9.97 Å². The molecular formula is C15H19BrN4. The van der Waals surface area contributed by atoms with Crippen LogP contribution in [0.3, 0.4) is 0 Å². The average molecular weight is 335 g/mol. The second kappa shape index (κ2) is 7.24. The van der Waals surface area contributed by atoms with Gasteiger partial charge in [-0.05, 0) is 40.4 Å². The highest BCUT2D eigenvalue weighted by atomic mass is 79.9. The highest BCUT2D eigenvalue weighted by Gasteiger charge is 2.02. The summed E-state index contributed by atoms with van der Waals surface area (Å²) in [6, 6.07) is 9.87. The highest BCUT2D eigenvalue weighted by molar-refractivity contribution is 9.10. The van der Waals surface area contributed by atoms with Crippen molar-refractivity contribution in [3.63, 3.8) is 0 Å². The lowest BCUT2D eigenvalue weighted by Crippen LogP contribution is -2.07. The van der Waals surface area contributed by atoms with Crippen LogP contribution < -0.4 is 10.6 Å². The monoisotopic (exact) mass is 334 g/mol. The molecule has 1 heterocycles. The molecule has 4 nitrogen and oxygen atoms in total. The Bertz CT molecular complexity index is 557. The Morgan fingerprint density at radius 2 is 1.90 bits per heavy atom. The van der Waals surface area contributed by atoms with Gasteiger partial charge in [-0.3, -0.25) is 0 Å². The average Bonchev–Trinajstić information content (AvgIpc) is 2.41. The van der Waals surface area contributed by atoms with Crippen LogP contribution in [0.5, 0.6) is 0 Å². The number of anilines is 3. The Hall–Kier alpha value is -1.62. The van der Waals surface area contributed by atoms with Crippen molar-refractivity contribution in [1.29, 1.82) is 0 Å². The maximum atomic E-state index is 4.24. The van der Waals surface area contributed by atoms with Crippen molar-refractivity contribution < 1.29 is 0 Å². The molecule has 0 spiro atoms. The lowest BCUT2D eigenvalue weighted by molar-refractivity contribution is 0.606. The Morgan fingerprint density at radius 1 is 1.15 bits per heavy atom. The Balaban J connectivity index is 2.01. The van der Waals surface area contributed by atoms with Crippen molar-refractivity contribution in [3.05, 3.63) is 41.1 Å². The van der Waals surface area contributed by atoms with Gasteiger partial charge in [0, 0.05) is 17.1 Å². The predicted octanol–water partition coefficient (Wildman–Crippen LogP) is 4.44. The van der Waals surface area contributed by atoms with E-state index in [0.29, 0.717) is 5.92 Å². The first-order valence-electron chi connectivity index (χ1n) is 6.72. The minimum Gasteiger partial charge on any atom is -0.370 e. The molecule has 0 radical (unpaired) electrons. The third-order valence-electron chi connectivity index (χ3n) is 2.83. The fourth-order valence-electron chi connectivity index (χ4n) is 1.71. The number of nitrogens with one attached hydrogen (secondary N) is 2. The maximum Gasteiger partial charge on any atom is 0.135 e. The fourth-order valence-corrected chi connectivity index (χ4v) is 2.10. The van der Waals surface area contributed by atoms with Crippen LogP contribution >= 0.6 is 15.9 Å². The third kappa shape index (κ3) is 4.49. The molecule has 106 valence electrons. The van der Waals surface area contributed by atoms with Crippen molar-refractivity contribution >= 4 is 33.3 Å². The number of halogens is 1. The van der Waals surface area contributed by atoms with Gasteiger partial charge in [0.15, 0.2) is 0 Å². The molecule has 5 heteroatoms. The smallest absolute Gasteiger partial charge is 0.135 e. The Kier molecular flexibility index (Phi) is 5.35.